The fraction of sp³-hybridized carbons (Fsp3) is 0.407. The molecule has 0 spiro atoms. The predicted octanol–water partition coefficient (Wildman–Crippen LogP) is 4.04. The fourth-order valence-corrected chi connectivity index (χ4v) is 7.97. The number of pyridine rings is 1. The summed E-state index contributed by atoms with van der Waals surface area (Å²) in [6, 6.07) is 13.5. The zero-order valence-electron chi connectivity index (χ0n) is 20.4. The number of carbonyl (C=O) groups excluding carboxylic acids is 2. The second-order valence-corrected chi connectivity index (χ2v) is 12.8. The van der Waals surface area contributed by atoms with Crippen molar-refractivity contribution >= 4 is 48.9 Å². The molecule has 1 aliphatic rings. The van der Waals surface area contributed by atoms with Gasteiger partial charge >= 0.3 is 158 Å². The maximum atomic E-state index is 13.2. The predicted molar refractivity (Wildman–Crippen MR) is 141 cm³/mol. The Morgan fingerprint density at radius 2 is 2.11 bits per heavy atom. The molecule has 0 amide bonds. The van der Waals surface area contributed by atoms with Crippen LogP contribution in [0.2, 0.25) is 0 Å². The minimum absolute atomic E-state index is 0.0511. The minimum atomic E-state index is -0.238. The van der Waals surface area contributed by atoms with Crippen molar-refractivity contribution < 1.29 is 19.1 Å². The van der Waals surface area contributed by atoms with Gasteiger partial charge in [0.15, 0.2) is 0 Å². The first kappa shape index (κ1) is 26.4. The summed E-state index contributed by atoms with van der Waals surface area (Å²) in [5, 5.41) is 9.81. The van der Waals surface area contributed by atoms with Crippen molar-refractivity contribution in [3.8, 4) is 11.8 Å². The third kappa shape index (κ3) is 6.37. The smallest absolute Gasteiger partial charge is 0.497 e. The second-order valence-electron chi connectivity index (χ2n) is 8.76. The van der Waals surface area contributed by atoms with Crippen LogP contribution in [0, 0.1) is 23.2 Å². The molecule has 1 aliphatic heterocycles. The van der Waals surface area contributed by atoms with E-state index in [0.717, 1.165) is 40.6 Å². The monoisotopic (exact) mass is 571 g/mol. The molecule has 0 N–H and O–H groups in total. The van der Waals surface area contributed by atoms with Gasteiger partial charge in [-0.15, -0.1) is 0 Å². The van der Waals surface area contributed by atoms with Gasteiger partial charge in [-0.05, 0) is 24.3 Å². The Morgan fingerprint density at radius 3 is 2.86 bits per heavy atom. The summed E-state index contributed by atoms with van der Waals surface area (Å²) in [7, 11) is 3.04. The summed E-state index contributed by atoms with van der Waals surface area (Å²) in [4.78, 5) is 32.5. The summed E-state index contributed by atoms with van der Waals surface area (Å²) in [6.07, 6.45) is 3.53. The van der Waals surface area contributed by atoms with Gasteiger partial charge in [0.25, 0.3) is 0 Å². The van der Waals surface area contributed by atoms with Gasteiger partial charge in [-0.25, -0.2) is 0 Å². The number of nitrogens with zero attached hydrogens (tertiary/aromatic N) is 3. The number of likely N-dealkylation sites (tertiary alicyclic amines) is 1. The molecule has 0 unspecified atom stereocenters. The summed E-state index contributed by atoms with van der Waals surface area (Å²) in [5.41, 5.74) is 1.40. The number of hydrogen-bond acceptors (Lipinski definition) is 8. The second kappa shape index (κ2) is 12.6. The van der Waals surface area contributed by atoms with Crippen LogP contribution in [0.5, 0.6) is 5.75 Å². The average Bonchev–Trinajstić information content (AvgIpc) is 3.38. The van der Waals surface area contributed by atoms with Gasteiger partial charge in [0.1, 0.15) is 5.75 Å². The summed E-state index contributed by atoms with van der Waals surface area (Å²) in [6.45, 7) is 2.42. The van der Waals surface area contributed by atoms with Gasteiger partial charge in [-0.3, -0.25) is 4.98 Å². The number of ether oxygens (including phenoxy) is 2. The first-order valence-corrected chi connectivity index (χ1v) is 14.6. The molecule has 188 valence electrons. The Bertz CT molecular complexity index is 1270. The van der Waals surface area contributed by atoms with E-state index in [1.165, 1.54) is 10.9 Å². The van der Waals surface area contributed by atoms with Crippen LogP contribution in [-0.4, -0.2) is 75.7 Å². The van der Waals surface area contributed by atoms with Gasteiger partial charge in [-0.2, -0.15) is 0 Å². The van der Waals surface area contributed by atoms with Gasteiger partial charge in [0.05, 0.1) is 12.6 Å². The SMILES string of the molecule is COC(=O)[C@H]1CN(CCSc2ccc(C#N)[se]2)CC[C@H]1CCC(=O)c1ccnc2ccc(OC)cc12. The molecule has 36 heavy (non-hydrogen) atoms. The third-order valence-electron chi connectivity index (χ3n) is 6.68. The Morgan fingerprint density at radius 1 is 1.25 bits per heavy atom. The van der Waals surface area contributed by atoms with Crippen LogP contribution in [0.4, 0.5) is 0 Å². The molecule has 1 fully saturated rings. The third-order valence-corrected chi connectivity index (χ3v) is 10.3. The standard InChI is InChI=1S/C27H29N3O4SSe/c1-33-19-4-6-24-22(15-19)21(9-11-29-24)25(31)7-3-18-10-12-30(17-23(18)27(32)34-2)13-14-35-26-8-5-20(16-28)36-26/h4-6,8-9,11,15,18,23H,3,7,10,12-14,17H2,1-2H3/t18-,23+/m1/s1. The molecule has 0 radical (unpaired) electrons. The number of piperidine rings is 1. The molecule has 2 atom stereocenters. The summed E-state index contributed by atoms with van der Waals surface area (Å²) < 4.78 is 12.6. The van der Waals surface area contributed by atoms with E-state index in [1.807, 2.05) is 30.3 Å². The van der Waals surface area contributed by atoms with Crippen molar-refractivity contribution in [1.82, 2.24) is 9.88 Å². The Balaban J connectivity index is 1.35. The fourth-order valence-electron chi connectivity index (χ4n) is 4.71. The van der Waals surface area contributed by atoms with Crippen molar-refractivity contribution in [2.75, 3.05) is 39.6 Å². The Kier molecular flexibility index (Phi) is 9.22. The quantitative estimate of drug-likeness (QED) is 0.156. The summed E-state index contributed by atoms with van der Waals surface area (Å²) >= 11 is 1.94. The van der Waals surface area contributed by atoms with Crippen LogP contribution in [0.15, 0.2) is 46.4 Å². The maximum absolute atomic E-state index is 13.2. The number of esters is 1. The van der Waals surface area contributed by atoms with E-state index < -0.39 is 0 Å². The van der Waals surface area contributed by atoms with Gasteiger partial charge < -0.3 is 4.74 Å². The molecule has 4 rings (SSSR count). The number of thioether (sulfide) groups is 1. The molecule has 9 heteroatoms. The van der Waals surface area contributed by atoms with Crippen LogP contribution in [0.1, 0.15) is 34.1 Å². The molecule has 7 nitrogen and oxygen atoms in total. The molecule has 0 bridgehead atoms. The first-order chi connectivity index (χ1) is 17.5. The number of carbonyl (C=O) groups is 2. The van der Waals surface area contributed by atoms with E-state index in [4.69, 9.17) is 14.7 Å². The molecule has 3 aromatic rings. The Labute approximate surface area is 221 Å². The number of Topliss-reactive ketones (excluding diaryl/α,β-unsaturated/α-hetero) is 1. The van der Waals surface area contributed by atoms with Crippen LogP contribution >= 0.6 is 11.8 Å². The number of rotatable bonds is 10. The minimum Gasteiger partial charge on any atom is -0.497 e. The number of aromatic nitrogens is 1. The number of nitriles is 1. The zero-order chi connectivity index (χ0) is 25.5. The normalized spacial score (nSPS) is 18.0. The summed E-state index contributed by atoms with van der Waals surface area (Å²) in [5.74, 6) is 1.33. The number of methoxy groups -OCH3 is 2. The van der Waals surface area contributed by atoms with Crippen molar-refractivity contribution in [3.05, 3.63) is 52.6 Å². The van der Waals surface area contributed by atoms with Gasteiger partial charge in [-0.1, -0.05) is 0 Å². The van der Waals surface area contributed by atoms with Crippen LogP contribution < -0.4 is 4.74 Å². The first-order valence-electron chi connectivity index (χ1n) is 11.9. The van der Waals surface area contributed by atoms with E-state index in [0.29, 0.717) is 30.7 Å². The molecular formula is C27H29N3O4SSe. The van der Waals surface area contributed by atoms with Crippen LogP contribution in [-0.2, 0) is 9.53 Å². The van der Waals surface area contributed by atoms with Crippen molar-refractivity contribution in [2.24, 2.45) is 11.8 Å². The number of fused-ring (bicyclic) bond motifs is 1. The molecule has 1 aromatic carbocycles. The van der Waals surface area contributed by atoms with Crippen molar-refractivity contribution in [2.45, 2.75) is 23.0 Å². The zero-order valence-corrected chi connectivity index (χ0v) is 23.0. The van der Waals surface area contributed by atoms with Crippen LogP contribution in [0.25, 0.3) is 10.9 Å². The topological polar surface area (TPSA) is 92.5 Å². The Hall–Kier alpha value is -2.63. The van der Waals surface area contributed by atoms with Gasteiger partial charge in [0.2, 0.25) is 0 Å². The van der Waals surface area contributed by atoms with Crippen molar-refractivity contribution in [1.29, 1.82) is 5.26 Å². The van der Waals surface area contributed by atoms with E-state index in [1.54, 1.807) is 31.1 Å². The number of ketones is 1. The average molecular weight is 571 g/mol. The van der Waals surface area contributed by atoms with E-state index in [9.17, 15) is 9.59 Å². The number of benzene rings is 1. The molecule has 1 saturated heterocycles. The molecule has 0 aliphatic carbocycles. The molecule has 3 heterocycles. The van der Waals surface area contributed by atoms with E-state index >= 15 is 0 Å². The molecular weight excluding hydrogens is 541 g/mol. The molecule has 2 aromatic heterocycles. The van der Waals surface area contributed by atoms with Crippen LogP contribution in [0.3, 0.4) is 0 Å². The van der Waals surface area contributed by atoms with Gasteiger partial charge in [0, 0.05) is 11.6 Å². The molecule has 0 saturated carbocycles. The van der Waals surface area contributed by atoms with E-state index in [2.05, 4.69) is 16.0 Å². The van der Waals surface area contributed by atoms with E-state index in [-0.39, 0.29) is 38.1 Å². The van der Waals surface area contributed by atoms with Crippen molar-refractivity contribution in [3.63, 3.8) is 0 Å². The number of hydrogen-bond donors (Lipinski definition) is 0.